The number of nitrogens with zero attached hydrogens (tertiary/aromatic N) is 3. The van der Waals surface area contributed by atoms with Gasteiger partial charge in [0.1, 0.15) is 0 Å². The summed E-state index contributed by atoms with van der Waals surface area (Å²) < 4.78 is 5.35. The fraction of sp³-hybridized carbons (Fsp3) is 0.545. The zero-order chi connectivity index (χ0) is 19.7. The maximum atomic E-state index is 12.7. The van der Waals surface area contributed by atoms with E-state index in [1.165, 1.54) is 25.7 Å². The molecule has 6 nitrogen and oxygen atoms in total. The number of benzene rings is 1. The maximum absolute atomic E-state index is 12.7. The molecule has 148 valence electrons. The van der Waals surface area contributed by atoms with Gasteiger partial charge in [0.05, 0.1) is 28.0 Å². The quantitative estimate of drug-likeness (QED) is 0.760. The summed E-state index contributed by atoms with van der Waals surface area (Å²) in [5, 5.41) is 0. The monoisotopic (exact) mass is 381 g/mol. The summed E-state index contributed by atoms with van der Waals surface area (Å²) in [6.07, 6.45) is 7.00. The molecule has 2 aliphatic rings. The molecule has 0 radical (unpaired) electrons. The number of amides is 1. The van der Waals surface area contributed by atoms with Crippen LogP contribution in [0.3, 0.4) is 0 Å². The third kappa shape index (κ3) is 3.73. The van der Waals surface area contributed by atoms with Crippen LogP contribution < -0.4 is 0 Å². The van der Waals surface area contributed by atoms with Gasteiger partial charge < -0.3 is 9.64 Å². The summed E-state index contributed by atoms with van der Waals surface area (Å²) in [6, 6.07) is 5.46. The number of carbonyl (C=O) groups excluding carboxylic acids is 2. The Morgan fingerprint density at radius 2 is 1.75 bits per heavy atom. The van der Waals surface area contributed by atoms with Crippen LogP contribution in [0.1, 0.15) is 60.3 Å². The van der Waals surface area contributed by atoms with Gasteiger partial charge in [-0.3, -0.25) is 4.79 Å². The molecule has 1 amide bonds. The molecule has 28 heavy (non-hydrogen) atoms. The molecule has 1 aromatic carbocycles. The van der Waals surface area contributed by atoms with Crippen LogP contribution in [0, 0.1) is 19.8 Å². The molecular formula is C22H27N3O3. The molecule has 2 heterocycles. The number of hydrogen-bond donors (Lipinski definition) is 0. The first-order chi connectivity index (χ1) is 13.5. The first kappa shape index (κ1) is 18.8. The van der Waals surface area contributed by atoms with Crippen molar-refractivity contribution in [1.82, 2.24) is 14.9 Å². The van der Waals surface area contributed by atoms with Gasteiger partial charge in [0.25, 0.3) is 5.91 Å². The van der Waals surface area contributed by atoms with Crippen LogP contribution in [-0.2, 0) is 9.53 Å². The van der Waals surface area contributed by atoms with Crippen LogP contribution in [0.15, 0.2) is 18.2 Å². The van der Waals surface area contributed by atoms with Gasteiger partial charge in [0.2, 0.25) is 0 Å². The molecule has 2 atom stereocenters. The van der Waals surface area contributed by atoms with E-state index < -0.39 is 5.97 Å². The average Bonchev–Trinajstić information content (AvgIpc) is 2.72. The second-order valence-electron chi connectivity index (χ2n) is 8.02. The topological polar surface area (TPSA) is 72.4 Å². The van der Waals surface area contributed by atoms with Crippen LogP contribution in [0.4, 0.5) is 0 Å². The molecule has 0 bridgehead atoms. The first-order valence-corrected chi connectivity index (χ1v) is 10.2. The van der Waals surface area contributed by atoms with Crippen molar-refractivity contribution in [2.24, 2.45) is 5.92 Å². The van der Waals surface area contributed by atoms with Crippen molar-refractivity contribution in [2.45, 2.75) is 58.4 Å². The summed E-state index contributed by atoms with van der Waals surface area (Å²) in [6.45, 7) is 4.38. The molecule has 0 unspecified atom stereocenters. The summed E-state index contributed by atoms with van der Waals surface area (Å²) in [5.74, 6) is 0.0531. The van der Waals surface area contributed by atoms with E-state index in [1.807, 2.05) is 18.7 Å². The number of ether oxygens (including phenoxy) is 1. The van der Waals surface area contributed by atoms with Gasteiger partial charge in [-0.25, -0.2) is 14.8 Å². The number of carbonyl (C=O) groups is 2. The van der Waals surface area contributed by atoms with Crippen molar-refractivity contribution in [3.63, 3.8) is 0 Å². The van der Waals surface area contributed by atoms with Crippen molar-refractivity contribution >= 4 is 22.9 Å². The number of fused-ring (bicyclic) bond motifs is 2. The second kappa shape index (κ2) is 7.86. The first-order valence-electron chi connectivity index (χ1n) is 10.2. The van der Waals surface area contributed by atoms with Crippen molar-refractivity contribution < 1.29 is 14.3 Å². The Hall–Kier alpha value is -2.50. The molecule has 1 aliphatic heterocycles. The number of hydrogen-bond acceptors (Lipinski definition) is 5. The Kier molecular flexibility index (Phi) is 5.29. The second-order valence-corrected chi connectivity index (χ2v) is 8.02. The zero-order valence-electron chi connectivity index (χ0n) is 16.6. The normalized spacial score (nSPS) is 22.0. The van der Waals surface area contributed by atoms with E-state index >= 15 is 0 Å². The predicted molar refractivity (Wildman–Crippen MR) is 106 cm³/mol. The largest absolute Gasteiger partial charge is 0.452 e. The molecule has 1 aromatic heterocycles. The van der Waals surface area contributed by atoms with E-state index in [9.17, 15) is 9.59 Å². The van der Waals surface area contributed by atoms with Crippen molar-refractivity contribution in [1.29, 1.82) is 0 Å². The van der Waals surface area contributed by atoms with E-state index in [2.05, 4.69) is 9.97 Å². The number of esters is 1. The lowest BCUT2D eigenvalue weighted by molar-refractivity contribution is -0.140. The zero-order valence-corrected chi connectivity index (χ0v) is 16.6. The fourth-order valence-corrected chi connectivity index (χ4v) is 4.59. The van der Waals surface area contributed by atoms with Crippen LogP contribution in [0.2, 0.25) is 0 Å². The number of aromatic nitrogens is 2. The molecule has 4 rings (SSSR count). The Bertz CT molecular complexity index is 909. The molecule has 2 aromatic rings. The maximum Gasteiger partial charge on any atom is 0.338 e. The summed E-state index contributed by atoms with van der Waals surface area (Å²) in [5.41, 5.74) is 3.50. The fourth-order valence-electron chi connectivity index (χ4n) is 4.59. The average molecular weight is 381 g/mol. The predicted octanol–water partition coefficient (Wildman–Crippen LogP) is 3.58. The summed E-state index contributed by atoms with van der Waals surface area (Å²) in [4.78, 5) is 36.1. The standard InChI is InChI=1S/C22H27N3O3/c1-14-15(2)24-19-12-17(9-10-18(19)23-14)22(27)28-13-21(26)25-11-5-7-16-6-3-4-8-20(16)25/h9-10,12,16,20H,3-8,11,13H2,1-2H3/t16-,20-/m0/s1. The van der Waals surface area contributed by atoms with E-state index in [4.69, 9.17) is 4.74 Å². The lowest BCUT2D eigenvalue weighted by Gasteiger charge is -2.44. The highest BCUT2D eigenvalue weighted by molar-refractivity contribution is 5.94. The Balaban J connectivity index is 1.41. The molecule has 0 spiro atoms. The third-order valence-corrected chi connectivity index (χ3v) is 6.20. The smallest absolute Gasteiger partial charge is 0.338 e. The molecule has 1 saturated carbocycles. The lowest BCUT2D eigenvalue weighted by atomic mass is 9.78. The molecular weight excluding hydrogens is 354 g/mol. The van der Waals surface area contributed by atoms with E-state index in [0.29, 0.717) is 23.0 Å². The highest BCUT2D eigenvalue weighted by atomic mass is 16.5. The van der Waals surface area contributed by atoms with Crippen LogP contribution in [-0.4, -0.2) is 45.9 Å². The third-order valence-electron chi connectivity index (χ3n) is 6.20. The van der Waals surface area contributed by atoms with E-state index in [0.717, 1.165) is 36.3 Å². The number of aryl methyl sites for hydroxylation is 2. The van der Waals surface area contributed by atoms with Gasteiger partial charge in [-0.15, -0.1) is 0 Å². The molecule has 0 N–H and O–H groups in total. The number of rotatable bonds is 3. The Morgan fingerprint density at radius 3 is 2.57 bits per heavy atom. The van der Waals surface area contributed by atoms with Gasteiger partial charge in [-0.05, 0) is 63.6 Å². The van der Waals surface area contributed by atoms with Gasteiger partial charge in [0.15, 0.2) is 6.61 Å². The van der Waals surface area contributed by atoms with Gasteiger partial charge in [0, 0.05) is 12.6 Å². The Labute approximate surface area is 165 Å². The summed E-state index contributed by atoms with van der Waals surface area (Å²) >= 11 is 0. The minimum atomic E-state index is -0.493. The van der Waals surface area contributed by atoms with Gasteiger partial charge in [-0.2, -0.15) is 0 Å². The van der Waals surface area contributed by atoms with Crippen molar-refractivity contribution in [2.75, 3.05) is 13.2 Å². The highest BCUT2D eigenvalue weighted by Crippen LogP contribution is 2.35. The molecule has 1 saturated heterocycles. The number of likely N-dealkylation sites (tertiary alicyclic amines) is 1. The van der Waals surface area contributed by atoms with Crippen LogP contribution in [0.5, 0.6) is 0 Å². The Morgan fingerprint density at radius 1 is 1.04 bits per heavy atom. The number of piperidine rings is 1. The lowest BCUT2D eigenvalue weighted by Crippen LogP contribution is -2.50. The minimum Gasteiger partial charge on any atom is -0.452 e. The summed E-state index contributed by atoms with van der Waals surface area (Å²) in [7, 11) is 0. The molecule has 6 heteroatoms. The van der Waals surface area contributed by atoms with E-state index in [-0.39, 0.29) is 12.5 Å². The van der Waals surface area contributed by atoms with Crippen molar-refractivity contribution in [3.05, 3.63) is 35.2 Å². The van der Waals surface area contributed by atoms with Crippen LogP contribution in [0.25, 0.3) is 11.0 Å². The van der Waals surface area contributed by atoms with Gasteiger partial charge >= 0.3 is 5.97 Å². The van der Waals surface area contributed by atoms with E-state index in [1.54, 1.807) is 18.2 Å². The minimum absolute atomic E-state index is 0.0722. The van der Waals surface area contributed by atoms with Crippen molar-refractivity contribution in [3.8, 4) is 0 Å². The highest BCUT2D eigenvalue weighted by Gasteiger charge is 2.35. The van der Waals surface area contributed by atoms with Gasteiger partial charge in [-0.1, -0.05) is 12.8 Å². The molecule has 2 fully saturated rings. The van der Waals surface area contributed by atoms with Crippen LogP contribution >= 0.6 is 0 Å². The molecule has 1 aliphatic carbocycles. The SMILES string of the molecule is Cc1nc2ccc(C(=O)OCC(=O)N3CCC[C@@H]4CCCC[C@@H]43)cc2nc1C.